The van der Waals surface area contributed by atoms with Crippen molar-refractivity contribution in [1.29, 1.82) is 0 Å². The number of nitrogens with two attached hydrogens (primary N) is 1. The maximum atomic E-state index is 12.1. The lowest BCUT2D eigenvalue weighted by Crippen LogP contribution is -2.16. The quantitative estimate of drug-likeness (QED) is 0.512. The average Bonchev–Trinajstić information content (AvgIpc) is 2.36. The fraction of sp³-hybridized carbons (Fsp3) is 0.400. The number of anilines is 1. The lowest BCUT2D eigenvalue weighted by Gasteiger charge is -2.13. The monoisotopic (exact) mass is 341 g/mol. The molecule has 0 saturated carbocycles. The molecule has 0 atom stereocenters. The third kappa shape index (κ3) is 4.74. The molecule has 0 aliphatic heterocycles. The second-order valence-corrected chi connectivity index (χ2v) is 6.98. The summed E-state index contributed by atoms with van der Waals surface area (Å²) in [4.78, 5) is -0.227. The molecule has 0 saturated heterocycles. The van der Waals surface area contributed by atoms with E-state index >= 15 is 0 Å². The van der Waals surface area contributed by atoms with Crippen molar-refractivity contribution in [3.63, 3.8) is 0 Å². The van der Waals surface area contributed by atoms with Gasteiger partial charge in [-0.1, -0.05) is 0 Å². The van der Waals surface area contributed by atoms with Gasteiger partial charge in [0.2, 0.25) is 0 Å². The molecule has 11 heteroatoms. The highest BCUT2D eigenvalue weighted by atomic mass is 32.3. The van der Waals surface area contributed by atoms with Gasteiger partial charge in [0.15, 0.2) is 9.84 Å². The molecule has 3 N–H and O–H groups in total. The second kappa shape index (κ2) is 6.47. The topological polar surface area (TPSA) is 142 Å². The number of nitrogen functional groups attached to an aromatic ring is 1. The number of hydrogen-bond acceptors (Lipinski definition) is 8. The van der Waals surface area contributed by atoms with Crippen LogP contribution in [0.3, 0.4) is 0 Å². The number of hydrogen-bond donors (Lipinski definition) is 2. The van der Waals surface area contributed by atoms with Crippen molar-refractivity contribution in [1.82, 2.24) is 0 Å². The molecule has 1 aromatic carbocycles. The van der Waals surface area contributed by atoms with Crippen LogP contribution in [-0.2, 0) is 24.4 Å². The van der Waals surface area contributed by atoms with Crippen LogP contribution in [0.25, 0.3) is 0 Å². The minimum absolute atomic E-state index is 0.0137. The van der Waals surface area contributed by atoms with Gasteiger partial charge in [0, 0.05) is 12.1 Å². The maximum Gasteiger partial charge on any atom is 0.397 e. The van der Waals surface area contributed by atoms with Crippen LogP contribution in [0.1, 0.15) is 0 Å². The Kier molecular flexibility index (Phi) is 5.39. The van der Waals surface area contributed by atoms with Gasteiger partial charge in [-0.05, 0) is 0 Å². The maximum absolute atomic E-state index is 12.1. The predicted molar refractivity (Wildman–Crippen MR) is 73.5 cm³/mol. The summed E-state index contributed by atoms with van der Waals surface area (Å²) in [5, 5.41) is 0. The van der Waals surface area contributed by atoms with Gasteiger partial charge in [0.05, 0.1) is 32.3 Å². The van der Waals surface area contributed by atoms with Crippen LogP contribution in [0.5, 0.6) is 11.5 Å². The van der Waals surface area contributed by atoms with Crippen LogP contribution in [0.4, 0.5) is 5.69 Å². The highest BCUT2D eigenvalue weighted by molar-refractivity contribution is 7.91. The van der Waals surface area contributed by atoms with Gasteiger partial charge in [-0.2, -0.15) is 8.42 Å². The lowest BCUT2D eigenvalue weighted by molar-refractivity contribution is 0.284. The van der Waals surface area contributed by atoms with Gasteiger partial charge < -0.3 is 15.2 Å². The zero-order chi connectivity index (χ0) is 16.3. The van der Waals surface area contributed by atoms with Crippen LogP contribution in [0.2, 0.25) is 0 Å². The smallest absolute Gasteiger partial charge is 0.397 e. The molecule has 0 aliphatic rings. The number of benzene rings is 1. The number of ether oxygens (including phenoxy) is 2. The van der Waals surface area contributed by atoms with Gasteiger partial charge in [-0.15, -0.1) is 0 Å². The van der Waals surface area contributed by atoms with E-state index in [0.29, 0.717) is 0 Å². The minimum Gasteiger partial charge on any atom is -0.495 e. The van der Waals surface area contributed by atoms with Crippen LogP contribution >= 0.6 is 0 Å². The van der Waals surface area contributed by atoms with Gasteiger partial charge >= 0.3 is 10.4 Å². The van der Waals surface area contributed by atoms with E-state index in [1.165, 1.54) is 20.3 Å². The molecule has 1 rings (SSSR count). The van der Waals surface area contributed by atoms with Crippen LogP contribution in [0, 0.1) is 0 Å². The zero-order valence-electron chi connectivity index (χ0n) is 11.3. The van der Waals surface area contributed by atoms with Crippen molar-refractivity contribution in [3.8, 4) is 11.5 Å². The van der Waals surface area contributed by atoms with E-state index in [1.54, 1.807) is 0 Å². The Morgan fingerprint density at radius 3 is 2.14 bits per heavy atom. The second-order valence-electron chi connectivity index (χ2n) is 3.81. The highest BCUT2D eigenvalue weighted by Gasteiger charge is 2.23. The van der Waals surface area contributed by atoms with E-state index in [2.05, 4.69) is 4.18 Å². The van der Waals surface area contributed by atoms with Crippen molar-refractivity contribution in [3.05, 3.63) is 12.1 Å². The van der Waals surface area contributed by atoms with E-state index < -0.39 is 32.6 Å². The first kappa shape index (κ1) is 17.5. The summed E-state index contributed by atoms with van der Waals surface area (Å²) in [5.74, 6) is -0.568. The molecule has 0 spiro atoms. The molecule has 0 aliphatic carbocycles. The molecular formula is C10H15NO8S2. The molecule has 9 nitrogen and oxygen atoms in total. The van der Waals surface area contributed by atoms with Crippen molar-refractivity contribution in [2.75, 3.05) is 32.3 Å². The van der Waals surface area contributed by atoms with Gasteiger partial charge in [-0.25, -0.2) is 12.6 Å². The molecule has 0 aromatic heterocycles. The molecule has 0 heterocycles. The minimum atomic E-state index is -4.70. The average molecular weight is 341 g/mol. The summed E-state index contributed by atoms with van der Waals surface area (Å²) in [6.45, 7) is -0.739. The Hall–Kier alpha value is -1.56. The molecule has 0 bridgehead atoms. The number of rotatable bonds is 7. The van der Waals surface area contributed by atoms with Gasteiger partial charge in [-0.3, -0.25) is 4.55 Å². The predicted octanol–water partition coefficient (Wildman–Crippen LogP) is -0.121. The molecular weight excluding hydrogens is 326 g/mol. The first-order valence-electron chi connectivity index (χ1n) is 5.47. The standard InChI is InChI=1S/C10H15NO8S2/c1-17-8-6-10(9(18-2)5-7(8)11)20(12,13)4-3-19-21(14,15)16/h5-6H,3-4,11H2,1-2H3,(H,14,15,16). The highest BCUT2D eigenvalue weighted by Crippen LogP contribution is 2.34. The normalized spacial score (nSPS) is 12.1. The van der Waals surface area contributed by atoms with Crippen molar-refractivity contribution < 1.29 is 35.0 Å². The van der Waals surface area contributed by atoms with Crippen molar-refractivity contribution >= 4 is 25.9 Å². The van der Waals surface area contributed by atoms with Crippen LogP contribution < -0.4 is 15.2 Å². The Morgan fingerprint density at radius 1 is 1.10 bits per heavy atom. The number of methoxy groups -OCH3 is 2. The summed E-state index contributed by atoms with van der Waals surface area (Å²) in [7, 11) is -6.07. The Morgan fingerprint density at radius 2 is 1.67 bits per heavy atom. The van der Waals surface area contributed by atoms with Crippen LogP contribution in [0.15, 0.2) is 17.0 Å². The number of sulfone groups is 1. The Balaban J connectivity index is 3.12. The summed E-state index contributed by atoms with van der Waals surface area (Å²) in [6.07, 6.45) is 0. The molecule has 0 amide bonds. The van der Waals surface area contributed by atoms with E-state index in [1.807, 2.05) is 0 Å². The third-order valence-corrected chi connectivity index (χ3v) is 4.59. The summed E-state index contributed by atoms with van der Waals surface area (Å²) < 4.78 is 67.3. The largest absolute Gasteiger partial charge is 0.495 e. The van der Waals surface area contributed by atoms with Gasteiger partial charge in [0.25, 0.3) is 0 Å². The first-order valence-corrected chi connectivity index (χ1v) is 8.48. The summed E-state index contributed by atoms with van der Waals surface area (Å²) in [5.41, 5.74) is 5.82. The van der Waals surface area contributed by atoms with Gasteiger partial charge in [0.1, 0.15) is 16.4 Å². The molecule has 0 radical (unpaired) electrons. The summed E-state index contributed by atoms with van der Waals surface area (Å²) in [6, 6.07) is 2.44. The molecule has 1 aromatic rings. The molecule has 120 valence electrons. The van der Waals surface area contributed by atoms with E-state index in [9.17, 15) is 16.8 Å². The van der Waals surface area contributed by atoms with Crippen LogP contribution in [-0.4, -0.2) is 48.0 Å². The Labute approximate surface area is 122 Å². The van der Waals surface area contributed by atoms with Crippen molar-refractivity contribution in [2.24, 2.45) is 0 Å². The fourth-order valence-corrected chi connectivity index (χ4v) is 3.15. The molecule has 0 fully saturated rings. The van der Waals surface area contributed by atoms with Crippen molar-refractivity contribution in [2.45, 2.75) is 4.90 Å². The zero-order valence-corrected chi connectivity index (χ0v) is 12.9. The Bertz CT molecular complexity index is 711. The fourth-order valence-electron chi connectivity index (χ4n) is 1.50. The molecule has 0 unspecified atom stereocenters. The first-order chi connectivity index (χ1) is 9.60. The lowest BCUT2D eigenvalue weighted by atomic mass is 10.3. The van der Waals surface area contributed by atoms with E-state index in [0.717, 1.165) is 6.07 Å². The molecule has 21 heavy (non-hydrogen) atoms. The van der Waals surface area contributed by atoms with E-state index in [-0.39, 0.29) is 22.1 Å². The summed E-state index contributed by atoms with van der Waals surface area (Å²) >= 11 is 0. The van der Waals surface area contributed by atoms with E-state index in [4.69, 9.17) is 19.8 Å². The third-order valence-electron chi connectivity index (χ3n) is 2.44. The SMILES string of the molecule is COc1cc(S(=O)(=O)CCOS(=O)(=O)O)c(OC)cc1N.